The van der Waals surface area contributed by atoms with Crippen LogP contribution in [0.25, 0.3) is 11.0 Å². The summed E-state index contributed by atoms with van der Waals surface area (Å²) in [7, 11) is 0. The van der Waals surface area contributed by atoms with Gasteiger partial charge in [0, 0.05) is 21.9 Å². The molecule has 0 radical (unpaired) electrons. The van der Waals surface area contributed by atoms with E-state index in [0.717, 1.165) is 0 Å². The van der Waals surface area contributed by atoms with E-state index in [4.69, 9.17) is 27.6 Å². The van der Waals surface area contributed by atoms with Gasteiger partial charge in [0.15, 0.2) is 5.76 Å². The molecule has 1 aromatic heterocycles. The molecule has 0 aliphatic heterocycles. The van der Waals surface area contributed by atoms with Gasteiger partial charge in [0.2, 0.25) is 5.78 Å². The van der Waals surface area contributed by atoms with Crippen LogP contribution in [0.15, 0.2) is 46.9 Å². The molecule has 1 heterocycles. The molecule has 0 aliphatic carbocycles. The van der Waals surface area contributed by atoms with E-state index in [0.29, 0.717) is 26.6 Å². The number of furan rings is 1. The Morgan fingerprint density at radius 3 is 2.52 bits per heavy atom. The van der Waals surface area contributed by atoms with Crippen LogP contribution in [0.1, 0.15) is 16.1 Å². The predicted molar refractivity (Wildman–Crippen MR) is 80.7 cm³/mol. The Hall–Kier alpha value is -1.84. The molecule has 0 saturated heterocycles. The van der Waals surface area contributed by atoms with E-state index in [2.05, 4.69) is 0 Å². The molecular weight excluding hydrogens is 314 g/mol. The zero-order valence-electron chi connectivity index (χ0n) is 10.7. The first-order valence-corrected chi connectivity index (χ1v) is 6.95. The maximum absolute atomic E-state index is 13.1. The molecule has 0 N–H and O–H groups in total. The zero-order valence-corrected chi connectivity index (χ0v) is 12.2. The Balaban J connectivity index is 1.94. The van der Waals surface area contributed by atoms with Gasteiger partial charge < -0.3 is 4.42 Å². The molecule has 0 amide bonds. The number of carbonyl (C=O) groups excluding carboxylic acids is 1. The summed E-state index contributed by atoms with van der Waals surface area (Å²) < 4.78 is 18.6. The van der Waals surface area contributed by atoms with Crippen molar-refractivity contribution in [3.8, 4) is 0 Å². The van der Waals surface area contributed by atoms with Gasteiger partial charge in [0.25, 0.3) is 0 Å². The summed E-state index contributed by atoms with van der Waals surface area (Å²) >= 11 is 12.1. The average Bonchev–Trinajstić information content (AvgIpc) is 2.86. The van der Waals surface area contributed by atoms with Crippen LogP contribution in [-0.4, -0.2) is 5.78 Å². The molecule has 2 aromatic carbocycles. The summed E-state index contributed by atoms with van der Waals surface area (Å²) in [6, 6.07) is 10.7. The van der Waals surface area contributed by atoms with Crippen molar-refractivity contribution in [1.29, 1.82) is 0 Å². The fourth-order valence-corrected chi connectivity index (χ4v) is 2.63. The largest absolute Gasteiger partial charge is 0.453 e. The van der Waals surface area contributed by atoms with E-state index in [1.165, 1.54) is 24.3 Å². The third kappa shape index (κ3) is 2.80. The van der Waals surface area contributed by atoms with Crippen molar-refractivity contribution in [1.82, 2.24) is 0 Å². The Bertz CT molecular complexity index is 819. The molecule has 0 unspecified atom stereocenters. The number of halogens is 3. The lowest BCUT2D eigenvalue weighted by Gasteiger charge is -2.04. The number of rotatable bonds is 3. The molecule has 106 valence electrons. The van der Waals surface area contributed by atoms with Gasteiger partial charge >= 0.3 is 0 Å². The summed E-state index contributed by atoms with van der Waals surface area (Å²) in [5, 5.41) is 1.40. The highest BCUT2D eigenvalue weighted by atomic mass is 35.5. The van der Waals surface area contributed by atoms with Crippen molar-refractivity contribution >= 4 is 40.0 Å². The number of carbonyl (C=O) groups is 1. The summed E-state index contributed by atoms with van der Waals surface area (Å²) in [6.45, 7) is 0. The number of hydrogen-bond donors (Lipinski definition) is 0. The monoisotopic (exact) mass is 322 g/mol. The molecule has 2 nitrogen and oxygen atoms in total. The average molecular weight is 323 g/mol. The van der Waals surface area contributed by atoms with E-state index in [9.17, 15) is 9.18 Å². The zero-order chi connectivity index (χ0) is 15.0. The number of benzene rings is 2. The Labute approximate surface area is 130 Å². The van der Waals surface area contributed by atoms with Gasteiger partial charge in [0.05, 0.1) is 0 Å². The number of hydrogen-bond acceptors (Lipinski definition) is 2. The van der Waals surface area contributed by atoms with Crippen molar-refractivity contribution < 1.29 is 13.6 Å². The Kier molecular flexibility index (Phi) is 3.70. The molecule has 0 saturated carbocycles. The van der Waals surface area contributed by atoms with Crippen molar-refractivity contribution in [3.63, 3.8) is 0 Å². The molecule has 21 heavy (non-hydrogen) atoms. The van der Waals surface area contributed by atoms with Crippen LogP contribution in [0.3, 0.4) is 0 Å². The van der Waals surface area contributed by atoms with Crippen LogP contribution in [0.5, 0.6) is 0 Å². The smallest absolute Gasteiger partial charge is 0.202 e. The minimum absolute atomic E-state index is 0.0286. The first-order valence-electron chi connectivity index (χ1n) is 6.20. The highest BCUT2D eigenvalue weighted by Crippen LogP contribution is 2.27. The number of fused-ring (bicyclic) bond motifs is 1. The van der Waals surface area contributed by atoms with E-state index < -0.39 is 0 Å². The molecule has 0 atom stereocenters. The minimum Gasteiger partial charge on any atom is -0.453 e. The number of Topliss-reactive ketones (excluding diaryl/α,β-unsaturated/α-hetero) is 1. The van der Waals surface area contributed by atoms with E-state index in [-0.39, 0.29) is 23.8 Å². The van der Waals surface area contributed by atoms with Gasteiger partial charge in [-0.2, -0.15) is 0 Å². The third-order valence-electron chi connectivity index (χ3n) is 3.15. The summed E-state index contributed by atoms with van der Waals surface area (Å²) in [4.78, 5) is 12.3. The van der Waals surface area contributed by atoms with Crippen molar-refractivity contribution in [2.24, 2.45) is 0 Å². The van der Waals surface area contributed by atoms with Gasteiger partial charge in [-0.25, -0.2) is 4.39 Å². The van der Waals surface area contributed by atoms with E-state index in [1.54, 1.807) is 18.2 Å². The SMILES string of the molecule is O=C(Cc1c(Cl)cccc1Cl)c1cc2cc(F)ccc2o1. The molecule has 3 rings (SSSR count). The first-order chi connectivity index (χ1) is 10.0. The van der Waals surface area contributed by atoms with Gasteiger partial charge in [-0.3, -0.25) is 4.79 Å². The second-order valence-electron chi connectivity index (χ2n) is 4.59. The lowest BCUT2D eigenvalue weighted by Crippen LogP contribution is -2.03. The van der Waals surface area contributed by atoms with Gasteiger partial charge in [0.1, 0.15) is 11.4 Å². The highest BCUT2D eigenvalue weighted by molar-refractivity contribution is 6.36. The fraction of sp³-hybridized carbons (Fsp3) is 0.0625. The molecule has 0 bridgehead atoms. The first kappa shape index (κ1) is 14.1. The Morgan fingerprint density at radius 2 is 1.81 bits per heavy atom. The van der Waals surface area contributed by atoms with Gasteiger partial charge in [-0.15, -0.1) is 0 Å². The van der Waals surface area contributed by atoms with Crippen LogP contribution < -0.4 is 0 Å². The molecule has 3 aromatic rings. The lowest BCUT2D eigenvalue weighted by molar-refractivity contribution is 0.0968. The maximum atomic E-state index is 13.1. The maximum Gasteiger partial charge on any atom is 0.202 e. The van der Waals surface area contributed by atoms with Gasteiger partial charge in [-0.05, 0) is 42.0 Å². The third-order valence-corrected chi connectivity index (χ3v) is 3.86. The molecule has 0 spiro atoms. The minimum atomic E-state index is -0.378. The van der Waals surface area contributed by atoms with E-state index >= 15 is 0 Å². The second-order valence-corrected chi connectivity index (χ2v) is 5.41. The second kappa shape index (κ2) is 5.51. The molecular formula is C16H9Cl2FO2. The van der Waals surface area contributed by atoms with Gasteiger partial charge in [-0.1, -0.05) is 29.3 Å². The van der Waals surface area contributed by atoms with Crippen LogP contribution in [0.2, 0.25) is 10.0 Å². The van der Waals surface area contributed by atoms with Crippen LogP contribution in [-0.2, 0) is 6.42 Å². The summed E-state index contributed by atoms with van der Waals surface area (Å²) in [5.41, 5.74) is 1.02. The van der Waals surface area contributed by atoms with Crippen LogP contribution in [0.4, 0.5) is 4.39 Å². The van der Waals surface area contributed by atoms with Crippen molar-refractivity contribution in [2.45, 2.75) is 6.42 Å². The molecule has 0 aliphatic rings. The Morgan fingerprint density at radius 1 is 1.10 bits per heavy atom. The topological polar surface area (TPSA) is 30.2 Å². The van der Waals surface area contributed by atoms with Crippen LogP contribution in [0, 0.1) is 5.82 Å². The quantitative estimate of drug-likeness (QED) is 0.612. The van der Waals surface area contributed by atoms with Crippen LogP contribution >= 0.6 is 23.2 Å². The lowest BCUT2D eigenvalue weighted by atomic mass is 10.1. The molecule has 0 fully saturated rings. The van der Waals surface area contributed by atoms with Crippen molar-refractivity contribution in [3.05, 3.63) is 69.7 Å². The standard InChI is InChI=1S/C16H9Cl2FO2/c17-12-2-1-3-13(18)11(12)8-14(20)16-7-9-6-10(19)4-5-15(9)21-16/h1-7H,8H2. The summed E-state index contributed by atoms with van der Waals surface area (Å²) in [5.74, 6) is -0.482. The summed E-state index contributed by atoms with van der Waals surface area (Å²) in [6.07, 6.45) is 0.0286. The highest BCUT2D eigenvalue weighted by Gasteiger charge is 2.16. The fourth-order valence-electron chi connectivity index (χ4n) is 2.10. The van der Waals surface area contributed by atoms with Crippen molar-refractivity contribution in [2.75, 3.05) is 0 Å². The predicted octanol–water partition coefficient (Wildman–Crippen LogP) is 5.30. The van der Waals surface area contributed by atoms with E-state index in [1.807, 2.05) is 0 Å². The normalized spacial score (nSPS) is 11.0. The number of ketones is 1. The molecule has 5 heteroatoms.